The van der Waals surface area contributed by atoms with Crippen LogP contribution in [0.25, 0.3) is 16.9 Å². The van der Waals surface area contributed by atoms with Crippen molar-refractivity contribution >= 4 is 17.2 Å². The van der Waals surface area contributed by atoms with E-state index in [9.17, 15) is 9.18 Å². The zero-order chi connectivity index (χ0) is 20.4. The molecule has 2 aromatic carbocycles. The normalized spacial score (nSPS) is 10.9. The van der Waals surface area contributed by atoms with Crippen LogP contribution in [0.3, 0.4) is 0 Å². The lowest BCUT2D eigenvalue weighted by Crippen LogP contribution is -2.15. The molecule has 2 aromatic heterocycles. The predicted octanol–water partition coefficient (Wildman–Crippen LogP) is 4.03. The third kappa shape index (κ3) is 4.08. The van der Waals surface area contributed by atoms with Gasteiger partial charge in [0.05, 0.1) is 25.4 Å². The molecule has 4 rings (SSSR count). The molecule has 0 aliphatic heterocycles. The molecule has 0 bridgehead atoms. The molecule has 0 saturated heterocycles. The summed E-state index contributed by atoms with van der Waals surface area (Å²) in [6, 6.07) is 15.3. The number of carbonyl (C=O) groups is 1. The number of nitrogens with one attached hydrogen (secondary N) is 1. The van der Waals surface area contributed by atoms with Gasteiger partial charge in [-0.2, -0.15) is 0 Å². The first-order valence-electron chi connectivity index (χ1n) is 9.07. The van der Waals surface area contributed by atoms with E-state index in [-0.39, 0.29) is 18.1 Å². The number of hydrogen-bond acceptors (Lipinski definition) is 4. The molecule has 0 atom stereocenters. The van der Waals surface area contributed by atoms with Gasteiger partial charge in [0.1, 0.15) is 5.82 Å². The molecule has 4 aromatic rings. The Labute approximate surface area is 167 Å². The second-order valence-corrected chi connectivity index (χ2v) is 6.69. The molecule has 0 unspecified atom stereocenters. The van der Waals surface area contributed by atoms with E-state index in [4.69, 9.17) is 4.74 Å². The molecule has 0 saturated carbocycles. The number of halogens is 1. The van der Waals surface area contributed by atoms with Crippen molar-refractivity contribution in [3.8, 4) is 17.1 Å². The van der Waals surface area contributed by atoms with Crippen molar-refractivity contribution in [3.05, 3.63) is 77.7 Å². The maximum absolute atomic E-state index is 13.0. The van der Waals surface area contributed by atoms with Crippen LogP contribution < -0.4 is 10.1 Å². The first-order valence-corrected chi connectivity index (χ1v) is 9.07. The van der Waals surface area contributed by atoms with Crippen LogP contribution in [0.1, 0.15) is 11.1 Å². The van der Waals surface area contributed by atoms with E-state index >= 15 is 0 Å². The molecule has 0 spiro atoms. The Hall–Kier alpha value is -3.74. The van der Waals surface area contributed by atoms with Gasteiger partial charge >= 0.3 is 0 Å². The number of methoxy groups -OCH3 is 1. The standard InChI is InChI=1S/C22H19FN4O2/c1-14-3-6-16(19-13-27-20(24-19)9-10-22(26-27)29-2)12-18(14)25-21(28)11-15-4-7-17(23)8-5-15/h3-10,12-13H,11H2,1-2H3,(H,25,28). The summed E-state index contributed by atoms with van der Waals surface area (Å²) in [4.78, 5) is 17.0. The van der Waals surface area contributed by atoms with Crippen LogP contribution in [0, 0.1) is 12.7 Å². The number of nitrogens with zero attached hydrogens (tertiary/aromatic N) is 3. The molecule has 0 fully saturated rings. The van der Waals surface area contributed by atoms with Crippen molar-refractivity contribution in [2.75, 3.05) is 12.4 Å². The number of fused-ring (bicyclic) bond motifs is 1. The van der Waals surface area contributed by atoms with Crippen LogP contribution in [0.5, 0.6) is 5.88 Å². The summed E-state index contributed by atoms with van der Waals surface area (Å²) < 4.78 is 19.8. The van der Waals surface area contributed by atoms with Crippen LogP contribution in [0.15, 0.2) is 60.8 Å². The zero-order valence-electron chi connectivity index (χ0n) is 16.0. The van der Waals surface area contributed by atoms with Gasteiger partial charge in [0.25, 0.3) is 0 Å². The average molecular weight is 390 g/mol. The molecule has 6 nitrogen and oxygen atoms in total. The maximum atomic E-state index is 13.0. The van der Waals surface area contributed by atoms with Crippen LogP contribution in [-0.2, 0) is 11.2 Å². The van der Waals surface area contributed by atoms with E-state index < -0.39 is 0 Å². The van der Waals surface area contributed by atoms with Gasteiger partial charge in [0, 0.05) is 17.3 Å². The Kier molecular flexibility index (Phi) is 4.95. The van der Waals surface area contributed by atoms with E-state index in [2.05, 4.69) is 15.4 Å². The molecule has 0 aliphatic rings. The Morgan fingerprint density at radius 2 is 1.93 bits per heavy atom. The number of hydrogen-bond donors (Lipinski definition) is 1. The Morgan fingerprint density at radius 1 is 1.14 bits per heavy atom. The first-order chi connectivity index (χ1) is 14.0. The van der Waals surface area contributed by atoms with Gasteiger partial charge in [-0.3, -0.25) is 4.79 Å². The lowest BCUT2D eigenvalue weighted by atomic mass is 10.1. The molecular formula is C22H19FN4O2. The predicted molar refractivity (Wildman–Crippen MR) is 108 cm³/mol. The fourth-order valence-corrected chi connectivity index (χ4v) is 3.01. The summed E-state index contributed by atoms with van der Waals surface area (Å²) in [7, 11) is 1.56. The van der Waals surface area contributed by atoms with E-state index in [1.165, 1.54) is 12.1 Å². The van der Waals surface area contributed by atoms with Crippen molar-refractivity contribution in [1.29, 1.82) is 0 Å². The molecule has 2 heterocycles. The summed E-state index contributed by atoms with van der Waals surface area (Å²) in [5.74, 6) is 0.00892. The lowest BCUT2D eigenvalue weighted by molar-refractivity contribution is -0.115. The van der Waals surface area contributed by atoms with Crippen molar-refractivity contribution in [2.24, 2.45) is 0 Å². The SMILES string of the molecule is COc1ccc2nc(-c3ccc(C)c(NC(=O)Cc4ccc(F)cc4)c3)cn2n1. The Bertz CT molecular complexity index is 1190. The fourth-order valence-electron chi connectivity index (χ4n) is 3.01. The number of anilines is 1. The molecule has 0 radical (unpaired) electrons. The van der Waals surface area contributed by atoms with Gasteiger partial charge < -0.3 is 10.1 Å². The third-order valence-corrected chi connectivity index (χ3v) is 4.59. The topological polar surface area (TPSA) is 68.5 Å². The van der Waals surface area contributed by atoms with Gasteiger partial charge in [-0.1, -0.05) is 24.3 Å². The lowest BCUT2D eigenvalue weighted by Gasteiger charge is -2.10. The highest BCUT2D eigenvalue weighted by molar-refractivity contribution is 5.93. The molecule has 1 N–H and O–H groups in total. The second kappa shape index (κ2) is 7.71. The van der Waals surface area contributed by atoms with E-state index in [1.807, 2.05) is 37.4 Å². The molecule has 29 heavy (non-hydrogen) atoms. The number of benzene rings is 2. The number of aromatic nitrogens is 3. The minimum Gasteiger partial charge on any atom is -0.480 e. The maximum Gasteiger partial charge on any atom is 0.231 e. The highest BCUT2D eigenvalue weighted by Crippen LogP contribution is 2.25. The smallest absolute Gasteiger partial charge is 0.231 e. The van der Waals surface area contributed by atoms with Crippen molar-refractivity contribution < 1.29 is 13.9 Å². The zero-order valence-corrected chi connectivity index (χ0v) is 16.0. The summed E-state index contributed by atoms with van der Waals surface area (Å²) in [6.45, 7) is 1.92. The van der Waals surface area contributed by atoms with Crippen LogP contribution >= 0.6 is 0 Å². The molecule has 7 heteroatoms. The molecule has 1 amide bonds. The van der Waals surface area contributed by atoms with Crippen molar-refractivity contribution in [2.45, 2.75) is 13.3 Å². The second-order valence-electron chi connectivity index (χ2n) is 6.69. The number of ether oxygens (including phenoxy) is 1. The van der Waals surface area contributed by atoms with Crippen LogP contribution in [-0.4, -0.2) is 27.6 Å². The third-order valence-electron chi connectivity index (χ3n) is 4.59. The number of amides is 1. The minimum atomic E-state index is -0.322. The van der Waals surface area contributed by atoms with Gasteiger partial charge in [-0.25, -0.2) is 13.9 Å². The van der Waals surface area contributed by atoms with Gasteiger partial charge in [-0.05, 0) is 42.3 Å². The molecule has 146 valence electrons. The van der Waals surface area contributed by atoms with E-state index in [0.29, 0.717) is 17.2 Å². The summed E-state index contributed by atoms with van der Waals surface area (Å²) in [5, 5.41) is 7.25. The summed E-state index contributed by atoms with van der Waals surface area (Å²) in [5.41, 5.74) is 4.68. The van der Waals surface area contributed by atoms with Crippen LogP contribution in [0.4, 0.5) is 10.1 Å². The highest BCUT2D eigenvalue weighted by Gasteiger charge is 2.11. The van der Waals surface area contributed by atoms with Crippen LogP contribution in [0.2, 0.25) is 0 Å². The van der Waals surface area contributed by atoms with Gasteiger partial charge in [-0.15, -0.1) is 5.10 Å². The number of imidazole rings is 1. The quantitative estimate of drug-likeness (QED) is 0.559. The average Bonchev–Trinajstić information content (AvgIpc) is 3.14. The van der Waals surface area contributed by atoms with Gasteiger partial charge in [0.15, 0.2) is 5.65 Å². The van der Waals surface area contributed by atoms with E-state index in [0.717, 1.165) is 22.4 Å². The highest BCUT2D eigenvalue weighted by atomic mass is 19.1. The summed E-state index contributed by atoms with van der Waals surface area (Å²) >= 11 is 0. The van der Waals surface area contributed by atoms with Gasteiger partial charge in [0.2, 0.25) is 11.8 Å². The number of aryl methyl sites for hydroxylation is 1. The Morgan fingerprint density at radius 3 is 2.69 bits per heavy atom. The first kappa shape index (κ1) is 18.6. The number of carbonyl (C=O) groups excluding carboxylic acids is 1. The molecular weight excluding hydrogens is 371 g/mol. The fraction of sp³-hybridized carbons (Fsp3) is 0.136. The molecule has 0 aliphatic carbocycles. The van der Waals surface area contributed by atoms with E-state index in [1.54, 1.807) is 29.8 Å². The number of rotatable bonds is 5. The Balaban J connectivity index is 1.57. The minimum absolute atomic E-state index is 0.168. The largest absolute Gasteiger partial charge is 0.480 e. The van der Waals surface area contributed by atoms with Crippen molar-refractivity contribution in [1.82, 2.24) is 14.6 Å². The summed E-state index contributed by atoms with van der Waals surface area (Å²) in [6.07, 6.45) is 1.98. The monoisotopic (exact) mass is 390 g/mol. The van der Waals surface area contributed by atoms with Crippen molar-refractivity contribution in [3.63, 3.8) is 0 Å².